The van der Waals surface area contributed by atoms with Gasteiger partial charge in [0.1, 0.15) is 37.9 Å². The Balaban J connectivity index is 2.02. The molecule has 0 aliphatic carbocycles. The van der Waals surface area contributed by atoms with E-state index in [9.17, 15) is 9.59 Å². The average molecular weight is 517 g/mol. The number of hydrogen-bond acceptors (Lipinski definition) is 7. The van der Waals surface area contributed by atoms with Crippen molar-refractivity contribution in [2.24, 2.45) is 0 Å². The summed E-state index contributed by atoms with van der Waals surface area (Å²) >= 11 is 0. The van der Waals surface area contributed by atoms with Gasteiger partial charge in [-0.1, -0.05) is 55.6 Å². The van der Waals surface area contributed by atoms with Crippen LogP contribution in [-0.4, -0.2) is 43.5 Å². The Hall–Kier alpha value is -4.36. The van der Waals surface area contributed by atoms with E-state index in [0.29, 0.717) is 22.6 Å². The molecular weight excluding hydrogens is 484 g/mol. The second kappa shape index (κ2) is 13.8. The molecule has 3 rings (SSSR count). The quantitative estimate of drug-likeness (QED) is 0.182. The van der Waals surface area contributed by atoms with E-state index < -0.39 is 11.9 Å². The molecule has 0 spiro atoms. The van der Waals surface area contributed by atoms with Gasteiger partial charge in [-0.15, -0.1) is 0 Å². The summed E-state index contributed by atoms with van der Waals surface area (Å²) in [6, 6.07) is 20.9. The third-order valence-electron chi connectivity index (χ3n) is 5.45. The molecule has 0 unspecified atom stereocenters. The second-order valence-corrected chi connectivity index (χ2v) is 8.59. The summed E-state index contributed by atoms with van der Waals surface area (Å²) < 4.78 is 22.3. The van der Waals surface area contributed by atoms with Gasteiger partial charge in [-0.2, -0.15) is 0 Å². The first kappa shape index (κ1) is 28.2. The van der Waals surface area contributed by atoms with Gasteiger partial charge >= 0.3 is 11.9 Å². The maximum absolute atomic E-state index is 12.2. The molecule has 0 fully saturated rings. The zero-order valence-electron chi connectivity index (χ0n) is 21.7. The molecule has 7 nitrogen and oxygen atoms in total. The van der Waals surface area contributed by atoms with Gasteiger partial charge in [-0.3, -0.25) is 0 Å². The molecule has 0 aromatic heterocycles. The number of hydrogen-bond donors (Lipinski definition) is 1. The normalized spacial score (nSPS) is 10.4. The number of carbonyl (C=O) groups is 2. The van der Waals surface area contributed by atoms with Gasteiger partial charge in [0.15, 0.2) is 0 Å². The highest BCUT2D eigenvalue weighted by atomic mass is 16.6. The van der Waals surface area contributed by atoms with E-state index in [1.54, 1.807) is 26.0 Å². The standard InChI is InChI=1S/C31H32O7/c1-21(2)30(33)37-17-16-36-29-19-27(23-8-6-5-7-9-23)25(20-38-31(34)22(3)4)18-28(29)24-10-12-26(13-11-24)35-15-14-32/h5-13,18-19,32H,1,3,14-17,20H2,2,4H3. The predicted molar refractivity (Wildman–Crippen MR) is 146 cm³/mol. The third kappa shape index (κ3) is 7.82. The highest BCUT2D eigenvalue weighted by Crippen LogP contribution is 2.38. The van der Waals surface area contributed by atoms with Gasteiger partial charge < -0.3 is 24.1 Å². The Morgan fingerprint density at radius 2 is 1.37 bits per heavy atom. The van der Waals surface area contributed by atoms with Crippen LogP contribution in [0.4, 0.5) is 0 Å². The molecule has 1 N–H and O–H groups in total. The van der Waals surface area contributed by atoms with Crippen LogP contribution in [0.25, 0.3) is 22.3 Å². The van der Waals surface area contributed by atoms with E-state index in [-0.39, 0.29) is 33.0 Å². The van der Waals surface area contributed by atoms with Gasteiger partial charge in [0, 0.05) is 16.7 Å². The minimum Gasteiger partial charge on any atom is -0.491 e. The van der Waals surface area contributed by atoms with Crippen molar-refractivity contribution in [2.75, 3.05) is 26.4 Å². The molecule has 3 aromatic rings. The van der Waals surface area contributed by atoms with Crippen molar-refractivity contribution in [2.45, 2.75) is 20.5 Å². The summed E-state index contributed by atoms with van der Waals surface area (Å²) in [6.45, 7) is 10.8. The third-order valence-corrected chi connectivity index (χ3v) is 5.45. The van der Waals surface area contributed by atoms with Crippen LogP contribution in [0.1, 0.15) is 19.4 Å². The van der Waals surface area contributed by atoms with E-state index >= 15 is 0 Å². The minimum atomic E-state index is -0.480. The molecule has 0 bridgehead atoms. The Kier molecular flexibility index (Phi) is 10.3. The molecule has 198 valence electrons. The molecular formula is C31H32O7. The largest absolute Gasteiger partial charge is 0.491 e. The van der Waals surface area contributed by atoms with E-state index in [2.05, 4.69) is 13.2 Å². The maximum Gasteiger partial charge on any atom is 0.333 e. The van der Waals surface area contributed by atoms with Crippen LogP contribution in [0, 0.1) is 0 Å². The summed E-state index contributed by atoms with van der Waals surface area (Å²) in [5, 5.41) is 9.02. The van der Waals surface area contributed by atoms with Gasteiger partial charge in [-0.05, 0) is 60.4 Å². The van der Waals surface area contributed by atoms with Crippen molar-refractivity contribution >= 4 is 11.9 Å². The first-order valence-corrected chi connectivity index (χ1v) is 12.1. The van der Waals surface area contributed by atoms with Gasteiger partial charge in [-0.25, -0.2) is 9.59 Å². The lowest BCUT2D eigenvalue weighted by Crippen LogP contribution is -2.13. The predicted octanol–water partition coefficient (Wildman–Crippen LogP) is 5.51. The molecule has 3 aromatic carbocycles. The number of ether oxygens (including phenoxy) is 4. The van der Waals surface area contributed by atoms with Crippen LogP contribution in [0.3, 0.4) is 0 Å². The first-order chi connectivity index (χ1) is 18.3. The van der Waals surface area contributed by atoms with E-state index in [0.717, 1.165) is 27.8 Å². The lowest BCUT2D eigenvalue weighted by atomic mass is 9.94. The summed E-state index contributed by atoms with van der Waals surface area (Å²) in [5.74, 6) is 0.227. The van der Waals surface area contributed by atoms with Crippen LogP contribution in [-0.2, 0) is 25.7 Å². The first-order valence-electron chi connectivity index (χ1n) is 12.1. The fourth-order valence-corrected chi connectivity index (χ4v) is 3.55. The van der Waals surface area contributed by atoms with E-state index in [1.807, 2.05) is 54.6 Å². The van der Waals surface area contributed by atoms with Gasteiger partial charge in [0.2, 0.25) is 0 Å². The van der Waals surface area contributed by atoms with E-state index in [4.69, 9.17) is 24.1 Å². The topological polar surface area (TPSA) is 91.3 Å². The number of rotatable bonds is 13. The number of carbonyl (C=O) groups excluding carboxylic acids is 2. The number of aliphatic hydroxyl groups excluding tert-OH is 1. The Bertz CT molecular complexity index is 1280. The van der Waals surface area contributed by atoms with Crippen molar-refractivity contribution in [3.63, 3.8) is 0 Å². The van der Waals surface area contributed by atoms with Crippen LogP contribution in [0.15, 0.2) is 91.0 Å². The van der Waals surface area contributed by atoms with E-state index in [1.165, 1.54) is 0 Å². The lowest BCUT2D eigenvalue weighted by Gasteiger charge is -2.18. The molecule has 0 aliphatic heterocycles. The molecule has 0 heterocycles. The highest BCUT2D eigenvalue weighted by Gasteiger charge is 2.17. The Labute approximate surface area is 222 Å². The monoisotopic (exact) mass is 516 g/mol. The highest BCUT2D eigenvalue weighted by molar-refractivity contribution is 5.87. The van der Waals surface area contributed by atoms with Crippen LogP contribution >= 0.6 is 0 Å². The second-order valence-electron chi connectivity index (χ2n) is 8.59. The average Bonchev–Trinajstić information content (AvgIpc) is 2.93. The van der Waals surface area contributed by atoms with Crippen LogP contribution in [0.2, 0.25) is 0 Å². The molecule has 0 amide bonds. The molecule has 0 atom stereocenters. The fraction of sp³-hybridized carbons (Fsp3) is 0.226. The van der Waals surface area contributed by atoms with Crippen LogP contribution < -0.4 is 9.47 Å². The fourth-order valence-electron chi connectivity index (χ4n) is 3.55. The van der Waals surface area contributed by atoms with Crippen molar-refractivity contribution < 1.29 is 33.6 Å². The van der Waals surface area contributed by atoms with Crippen molar-refractivity contribution in [1.82, 2.24) is 0 Å². The number of benzene rings is 3. The smallest absolute Gasteiger partial charge is 0.333 e. The van der Waals surface area contributed by atoms with Gasteiger partial charge in [0.05, 0.1) is 6.61 Å². The van der Waals surface area contributed by atoms with Crippen molar-refractivity contribution in [3.05, 3.63) is 96.6 Å². The summed E-state index contributed by atoms with van der Waals surface area (Å²) in [6.07, 6.45) is 0. The minimum absolute atomic E-state index is 0.0388. The van der Waals surface area contributed by atoms with Crippen molar-refractivity contribution in [1.29, 1.82) is 0 Å². The molecule has 0 radical (unpaired) electrons. The summed E-state index contributed by atoms with van der Waals surface area (Å²) in [7, 11) is 0. The number of esters is 2. The Morgan fingerprint density at radius 1 is 0.737 bits per heavy atom. The van der Waals surface area contributed by atoms with Crippen LogP contribution in [0.5, 0.6) is 11.5 Å². The molecule has 7 heteroatoms. The Morgan fingerprint density at radius 3 is 2.00 bits per heavy atom. The SMILES string of the molecule is C=C(C)C(=O)OCCOc1cc(-c2ccccc2)c(COC(=O)C(=C)C)cc1-c1ccc(OCCO)cc1. The molecule has 38 heavy (non-hydrogen) atoms. The molecule has 0 aliphatic rings. The van der Waals surface area contributed by atoms with Gasteiger partial charge in [0.25, 0.3) is 0 Å². The summed E-state index contributed by atoms with van der Waals surface area (Å²) in [4.78, 5) is 23.9. The zero-order valence-corrected chi connectivity index (χ0v) is 21.7. The molecule has 0 saturated heterocycles. The lowest BCUT2D eigenvalue weighted by molar-refractivity contribution is -0.140. The number of aliphatic hydroxyl groups is 1. The summed E-state index contributed by atoms with van der Waals surface area (Å²) in [5.41, 5.74) is 4.76. The maximum atomic E-state index is 12.2. The molecule has 0 saturated carbocycles. The zero-order chi connectivity index (χ0) is 27.5. The van der Waals surface area contributed by atoms with Crippen molar-refractivity contribution in [3.8, 4) is 33.8 Å².